The van der Waals surface area contributed by atoms with E-state index in [0.717, 1.165) is 37.1 Å². The summed E-state index contributed by atoms with van der Waals surface area (Å²) in [5, 5.41) is 10.2. The van der Waals surface area contributed by atoms with Gasteiger partial charge in [-0.15, -0.1) is 0 Å². The van der Waals surface area contributed by atoms with Crippen molar-refractivity contribution in [2.45, 2.75) is 69.7 Å². The van der Waals surface area contributed by atoms with E-state index in [1.165, 1.54) is 18.2 Å². The normalized spacial score (nSPS) is 20.5. The number of ether oxygens (including phenoxy) is 3. The minimum absolute atomic E-state index is 0.0859. The average molecular weight is 668 g/mol. The van der Waals surface area contributed by atoms with E-state index in [9.17, 15) is 18.3 Å². The van der Waals surface area contributed by atoms with E-state index in [-0.39, 0.29) is 46.8 Å². The summed E-state index contributed by atoms with van der Waals surface area (Å²) in [6, 6.07) is 20.3. The van der Waals surface area contributed by atoms with Gasteiger partial charge >= 0.3 is 0 Å². The molecule has 4 rings (SSSR count). The van der Waals surface area contributed by atoms with Gasteiger partial charge in [0.1, 0.15) is 11.5 Å². The van der Waals surface area contributed by atoms with Gasteiger partial charge in [0.05, 0.1) is 42.4 Å². The molecule has 0 aliphatic carbocycles. The molecule has 3 aromatic rings. The summed E-state index contributed by atoms with van der Waals surface area (Å²) in [4.78, 5) is 18.3. The third-order valence-corrected chi connectivity index (χ3v) is 9.86. The first-order valence-electron chi connectivity index (χ1n) is 16.2. The Hall–Kier alpha value is -3.64. The van der Waals surface area contributed by atoms with Crippen LogP contribution in [0.4, 0.5) is 5.69 Å². The second-order valence-electron chi connectivity index (χ2n) is 12.5. The monoisotopic (exact) mass is 667 g/mol. The van der Waals surface area contributed by atoms with Crippen molar-refractivity contribution in [1.29, 1.82) is 0 Å². The third kappa shape index (κ3) is 10.2. The first-order valence-corrected chi connectivity index (χ1v) is 17.7. The SMILES string of the molecule is COc1ccc(CN(C)C[C@@H]2OCCCC[C@H](C)Oc3ccc(NS(=O)(=O)c4ccccc4)cc3C(=O)N([C@H](C)CO)C[C@H]2C)cc1. The zero-order valence-electron chi connectivity index (χ0n) is 28.1. The van der Waals surface area contributed by atoms with Crippen molar-refractivity contribution >= 4 is 21.6 Å². The van der Waals surface area contributed by atoms with Gasteiger partial charge < -0.3 is 24.2 Å². The van der Waals surface area contributed by atoms with Crippen LogP contribution in [0.2, 0.25) is 0 Å². The maximum atomic E-state index is 14.4. The van der Waals surface area contributed by atoms with Gasteiger partial charge in [-0.2, -0.15) is 0 Å². The fraction of sp³-hybridized carbons (Fsp3) is 0.472. The number of nitrogens with zero attached hydrogens (tertiary/aromatic N) is 2. The quantitative estimate of drug-likeness (QED) is 0.294. The lowest BCUT2D eigenvalue weighted by molar-refractivity contribution is -0.0177. The van der Waals surface area contributed by atoms with E-state index in [2.05, 4.69) is 23.6 Å². The van der Waals surface area contributed by atoms with Crippen molar-refractivity contribution in [3.63, 3.8) is 0 Å². The number of anilines is 1. The van der Waals surface area contributed by atoms with Gasteiger partial charge in [0.2, 0.25) is 0 Å². The highest BCUT2D eigenvalue weighted by Crippen LogP contribution is 2.29. The zero-order valence-corrected chi connectivity index (χ0v) is 28.9. The fourth-order valence-electron chi connectivity index (χ4n) is 5.68. The number of hydrogen-bond donors (Lipinski definition) is 2. The van der Waals surface area contributed by atoms with Gasteiger partial charge in [0, 0.05) is 37.8 Å². The third-order valence-electron chi connectivity index (χ3n) is 8.46. The molecule has 0 fully saturated rings. The number of likely N-dealkylation sites (N-methyl/N-ethyl adjacent to an activating group) is 1. The molecule has 47 heavy (non-hydrogen) atoms. The number of fused-ring (bicyclic) bond motifs is 1. The van der Waals surface area contributed by atoms with Crippen LogP contribution in [0.5, 0.6) is 11.5 Å². The molecule has 2 N–H and O–H groups in total. The molecule has 11 heteroatoms. The average Bonchev–Trinajstić information content (AvgIpc) is 3.06. The van der Waals surface area contributed by atoms with Crippen LogP contribution in [0.25, 0.3) is 0 Å². The number of aliphatic hydroxyl groups excluding tert-OH is 1. The van der Waals surface area contributed by atoms with Crippen LogP contribution in [-0.4, -0.2) is 87.9 Å². The largest absolute Gasteiger partial charge is 0.497 e. The highest BCUT2D eigenvalue weighted by molar-refractivity contribution is 7.92. The molecule has 4 atom stereocenters. The summed E-state index contributed by atoms with van der Waals surface area (Å²) in [6.45, 7) is 7.84. The molecule has 10 nitrogen and oxygen atoms in total. The minimum atomic E-state index is -3.89. The number of rotatable bonds is 10. The number of benzene rings is 3. The molecule has 1 amide bonds. The Morgan fingerprint density at radius 1 is 1.06 bits per heavy atom. The van der Waals surface area contributed by atoms with E-state index in [4.69, 9.17) is 14.2 Å². The Kier molecular flexibility index (Phi) is 13.1. The van der Waals surface area contributed by atoms with Crippen LogP contribution in [-0.2, 0) is 21.3 Å². The molecular weight excluding hydrogens is 618 g/mol. The molecule has 0 aromatic heterocycles. The number of aliphatic hydroxyl groups is 1. The fourth-order valence-corrected chi connectivity index (χ4v) is 6.75. The second kappa shape index (κ2) is 17.0. The predicted octanol–water partition coefficient (Wildman–Crippen LogP) is 5.42. The molecule has 1 aliphatic rings. The highest BCUT2D eigenvalue weighted by atomic mass is 32.2. The maximum Gasteiger partial charge on any atom is 0.261 e. The zero-order chi connectivity index (χ0) is 34.0. The number of carbonyl (C=O) groups excluding carboxylic acids is 1. The number of carbonyl (C=O) groups is 1. The van der Waals surface area contributed by atoms with Crippen molar-refractivity contribution in [3.05, 3.63) is 83.9 Å². The smallest absolute Gasteiger partial charge is 0.261 e. The molecule has 3 aromatic carbocycles. The number of methoxy groups -OCH3 is 1. The van der Waals surface area contributed by atoms with Crippen molar-refractivity contribution in [2.75, 3.05) is 45.2 Å². The summed E-state index contributed by atoms with van der Waals surface area (Å²) in [6.07, 6.45) is 2.14. The lowest BCUT2D eigenvalue weighted by atomic mass is 10.0. The highest BCUT2D eigenvalue weighted by Gasteiger charge is 2.30. The van der Waals surface area contributed by atoms with E-state index in [1.807, 2.05) is 31.2 Å². The summed E-state index contributed by atoms with van der Waals surface area (Å²) in [5.41, 5.74) is 1.62. The Balaban J connectivity index is 1.62. The van der Waals surface area contributed by atoms with E-state index >= 15 is 0 Å². The number of hydrogen-bond acceptors (Lipinski definition) is 8. The molecule has 0 spiro atoms. The van der Waals surface area contributed by atoms with E-state index < -0.39 is 16.1 Å². The van der Waals surface area contributed by atoms with Crippen LogP contribution in [0.3, 0.4) is 0 Å². The molecule has 0 saturated carbocycles. The summed E-state index contributed by atoms with van der Waals surface area (Å²) < 4.78 is 46.9. The maximum absolute atomic E-state index is 14.4. The molecule has 1 heterocycles. The first-order chi connectivity index (χ1) is 22.5. The van der Waals surface area contributed by atoms with Crippen LogP contribution in [0.1, 0.15) is 56.0 Å². The molecule has 0 bridgehead atoms. The summed E-state index contributed by atoms with van der Waals surface area (Å²) in [7, 11) is -0.185. The van der Waals surface area contributed by atoms with Crippen molar-refractivity contribution < 1.29 is 32.5 Å². The van der Waals surface area contributed by atoms with Crippen LogP contribution >= 0.6 is 0 Å². The molecule has 0 radical (unpaired) electrons. The van der Waals surface area contributed by atoms with Crippen LogP contribution in [0, 0.1) is 5.92 Å². The van der Waals surface area contributed by atoms with Gasteiger partial charge in [-0.05, 0) is 88.2 Å². The second-order valence-corrected chi connectivity index (χ2v) is 14.2. The lowest BCUT2D eigenvalue weighted by Gasteiger charge is -2.36. The van der Waals surface area contributed by atoms with Crippen molar-refractivity contribution in [2.24, 2.45) is 5.92 Å². The summed E-state index contributed by atoms with van der Waals surface area (Å²) >= 11 is 0. The van der Waals surface area contributed by atoms with Crippen LogP contribution < -0.4 is 14.2 Å². The lowest BCUT2D eigenvalue weighted by Crippen LogP contribution is -2.47. The Morgan fingerprint density at radius 2 is 1.79 bits per heavy atom. The predicted molar refractivity (Wildman–Crippen MR) is 183 cm³/mol. The van der Waals surface area contributed by atoms with Crippen LogP contribution in [0.15, 0.2) is 77.7 Å². The molecule has 256 valence electrons. The van der Waals surface area contributed by atoms with Crippen molar-refractivity contribution in [3.8, 4) is 11.5 Å². The van der Waals surface area contributed by atoms with E-state index in [0.29, 0.717) is 25.4 Å². The number of nitrogens with one attached hydrogen (secondary N) is 1. The Morgan fingerprint density at radius 3 is 2.47 bits per heavy atom. The van der Waals surface area contributed by atoms with Gasteiger partial charge in [0.15, 0.2) is 0 Å². The van der Waals surface area contributed by atoms with Gasteiger partial charge in [-0.3, -0.25) is 14.4 Å². The minimum Gasteiger partial charge on any atom is -0.497 e. The van der Waals surface area contributed by atoms with Gasteiger partial charge in [0.25, 0.3) is 15.9 Å². The Bertz CT molecular complexity index is 1540. The first kappa shape index (κ1) is 36.2. The van der Waals surface area contributed by atoms with Gasteiger partial charge in [-0.25, -0.2) is 8.42 Å². The molecule has 0 saturated heterocycles. The Labute approximate surface area is 279 Å². The summed E-state index contributed by atoms with van der Waals surface area (Å²) in [5.74, 6) is 0.738. The standard InChI is InChI=1S/C36H49N3O7S/c1-26-22-39(27(2)25-40)36(41)33-21-30(37-47(42,43)32-12-7-6-8-13-32)16-19-34(33)46-28(3)11-9-10-20-45-35(26)24-38(4)23-29-14-17-31(44-5)18-15-29/h6-8,12-19,21,26-28,35,37,40H,9-11,20,22-25H2,1-5H3/t26-,27-,28+,35+/m1/s1. The molecule has 0 unspecified atom stereocenters. The molecule has 1 aliphatic heterocycles. The number of sulfonamides is 1. The molecular formula is C36H49N3O7S. The number of amides is 1. The topological polar surface area (TPSA) is 118 Å². The van der Waals surface area contributed by atoms with Gasteiger partial charge in [-0.1, -0.05) is 37.3 Å². The van der Waals surface area contributed by atoms with Crippen molar-refractivity contribution in [1.82, 2.24) is 9.80 Å². The van der Waals surface area contributed by atoms with E-state index in [1.54, 1.807) is 49.3 Å².